The molecule has 12 nitrogen and oxygen atoms in total. The molecule has 3 aliphatic heterocycles. The minimum atomic E-state index is -4.06. The number of hydrogen-bond acceptors (Lipinski definition) is 11. The molecule has 3 saturated heterocycles. The molecule has 5 aliphatic rings. The molecule has 0 spiro atoms. The van der Waals surface area contributed by atoms with Crippen molar-refractivity contribution in [1.29, 1.82) is 0 Å². The van der Waals surface area contributed by atoms with Gasteiger partial charge in [-0.1, -0.05) is 26.0 Å². The zero-order chi connectivity index (χ0) is 34.3. The predicted molar refractivity (Wildman–Crippen MR) is 180 cm³/mol. The minimum absolute atomic E-state index is 0.0272. The van der Waals surface area contributed by atoms with Gasteiger partial charge in [0.15, 0.2) is 11.9 Å². The normalized spacial score (nSPS) is 26.2. The second-order valence-electron chi connectivity index (χ2n) is 14.5. The number of nitrogens with one attached hydrogen (secondary N) is 1. The Morgan fingerprint density at radius 3 is 2.55 bits per heavy atom. The Hall–Kier alpha value is -3.23. The first kappa shape index (κ1) is 34.2. The van der Waals surface area contributed by atoms with E-state index in [1.54, 1.807) is 13.2 Å². The number of oxazole rings is 1. The number of fused-ring (bicyclic) bond motifs is 3. The fraction of sp³-hybridized carbons (Fsp3) is 0.611. The van der Waals surface area contributed by atoms with Crippen LogP contribution in [0.5, 0.6) is 5.75 Å². The number of sulfonamides is 1. The van der Waals surface area contributed by atoms with Gasteiger partial charge >= 0.3 is 5.97 Å². The molecule has 4 bridgehead atoms. The highest BCUT2D eigenvalue weighted by molar-refractivity contribution is 7.89. The van der Waals surface area contributed by atoms with E-state index in [1.165, 1.54) is 16.4 Å². The van der Waals surface area contributed by atoms with Crippen molar-refractivity contribution in [3.63, 3.8) is 0 Å². The van der Waals surface area contributed by atoms with Gasteiger partial charge in [0.1, 0.15) is 17.4 Å². The van der Waals surface area contributed by atoms with Crippen LogP contribution in [-0.2, 0) is 35.4 Å². The van der Waals surface area contributed by atoms with E-state index in [0.717, 1.165) is 31.2 Å². The quantitative estimate of drug-likeness (QED) is 0.215. The Bertz CT molecular complexity index is 1720. The van der Waals surface area contributed by atoms with E-state index in [4.69, 9.17) is 23.4 Å². The van der Waals surface area contributed by atoms with Crippen LogP contribution >= 0.6 is 0 Å². The number of rotatable bonds is 15. The number of aliphatic hydroxyl groups excluding tert-OH is 1. The molecule has 2 N–H and O–H groups in total. The van der Waals surface area contributed by atoms with Gasteiger partial charge in [-0.05, 0) is 67.9 Å². The first-order valence-electron chi connectivity index (χ1n) is 17.5. The smallest absolute Gasteiger partial charge is 0.306 e. The second kappa shape index (κ2) is 14.2. The molecule has 1 aromatic heterocycles. The predicted octanol–water partition coefficient (Wildman–Crippen LogP) is 4.61. The van der Waals surface area contributed by atoms with Crippen LogP contribution in [0.1, 0.15) is 51.5 Å². The van der Waals surface area contributed by atoms with Gasteiger partial charge in [0.25, 0.3) is 6.01 Å². The summed E-state index contributed by atoms with van der Waals surface area (Å²) < 4.78 is 58.8. The Morgan fingerprint density at radius 2 is 1.82 bits per heavy atom. The van der Waals surface area contributed by atoms with Gasteiger partial charge in [-0.2, -0.15) is 9.29 Å². The van der Waals surface area contributed by atoms with Crippen molar-refractivity contribution >= 4 is 33.1 Å². The average Bonchev–Trinajstić information content (AvgIpc) is 3.73. The van der Waals surface area contributed by atoms with Crippen molar-refractivity contribution in [2.75, 3.05) is 38.7 Å². The van der Waals surface area contributed by atoms with Crippen LogP contribution in [0, 0.1) is 29.6 Å². The minimum Gasteiger partial charge on any atom is -0.497 e. The third-order valence-corrected chi connectivity index (χ3v) is 12.2. The number of esters is 1. The summed E-state index contributed by atoms with van der Waals surface area (Å²) in [5.74, 6) is 0.0435. The molecule has 0 amide bonds. The van der Waals surface area contributed by atoms with Crippen molar-refractivity contribution in [3.8, 4) is 5.75 Å². The van der Waals surface area contributed by atoms with Crippen molar-refractivity contribution in [1.82, 2.24) is 9.29 Å². The van der Waals surface area contributed by atoms with E-state index < -0.39 is 28.0 Å². The lowest BCUT2D eigenvalue weighted by Crippen LogP contribution is -2.44. The highest BCUT2D eigenvalue weighted by Crippen LogP contribution is 2.47. The van der Waals surface area contributed by atoms with Crippen molar-refractivity contribution in [2.45, 2.75) is 81.8 Å². The van der Waals surface area contributed by atoms with Crippen LogP contribution < -0.4 is 10.1 Å². The maximum atomic E-state index is 14.2. The summed E-state index contributed by atoms with van der Waals surface area (Å²) >= 11 is 0. The number of hydrogen-bond donors (Lipinski definition) is 2. The lowest BCUT2D eigenvalue weighted by Gasteiger charge is -2.36. The molecule has 2 aliphatic carbocycles. The summed E-state index contributed by atoms with van der Waals surface area (Å²) in [5, 5.41) is 15.0. The molecule has 2 aromatic carbocycles. The Balaban J connectivity index is 1.11. The molecule has 7 atom stereocenters. The number of methoxy groups -OCH3 is 1. The molecule has 13 heteroatoms. The number of anilines is 1. The van der Waals surface area contributed by atoms with Crippen LogP contribution in [-0.4, -0.2) is 86.7 Å². The Labute approximate surface area is 287 Å². The van der Waals surface area contributed by atoms with Crippen LogP contribution in [0.4, 0.5) is 6.01 Å². The Morgan fingerprint density at radius 1 is 1.04 bits per heavy atom. The Kier molecular flexibility index (Phi) is 9.91. The molecule has 3 aromatic rings. The molecule has 4 heterocycles. The van der Waals surface area contributed by atoms with Crippen molar-refractivity contribution < 1.29 is 41.7 Å². The molecule has 49 heavy (non-hydrogen) atoms. The maximum absolute atomic E-state index is 14.2. The summed E-state index contributed by atoms with van der Waals surface area (Å²) in [6, 6.07) is 12.8. The first-order valence-corrected chi connectivity index (χ1v) is 18.9. The number of nitrogens with zero attached hydrogens (tertiary/aromatic N) is 2. The monoisotopic (exact) mass is 697 g/mol. The van der Waals surface area contributed by atoms with E-state index in [-0.39, 0.29) is 60.5 Å². The molecule has 5 fully saturated rings. The zero-order valence-corrected chi connectivity index (χ0v) is 29.1. The number of aromatic nitrogens is 1. The number of carbonyl (C=O) groups excluding carboxylic acids is 1. The molecule has 266 valence electrons. The van der Waals surface area contributed by atoms with E-state index in [0.29, 0.717) is 48.5 Å². The van der Waals surface area contributed by atoms with Gasteiger partial charge in [-0.25, -0.2) is 8.42 Å². The highest BCUT2D eigenvalue weighted by Gasteiger charge is 2.52. The van der Waals surface area contributed by atoms with Crippen LogP contribution in [0.25, 0.3) is 11.1 Å². The fourth-order valence-corrected chi connectivity index (χ4v) is 9.19. The van der Waals surface area contributed by atoms with Crippen LogP contribution in [0.15, 0.2) is 51.8 Å². The number of carbonyl (C=O) groups is 1. The van der Waals surface area contributed by atoms with E-state index in [9.17, 15) is 18.3 Å². The second-order valence-corrected chi connectivity index (χ2v) is 16.5. The molecular formula is C36H47N3O9S. The van der Waals surface area contributed by atoms with Crippen molar-refractivity contribution in [2.24, 2.45) is 29.6 Å². The maximum Gasteiger partial charge on any atom is 0.306 e. The van der Waals surface area contributed by atoms with Crippen LogP contribution in [0.3, 0.4) is 0 Å². The van der Waals surface area contributed by atoms with Crippen LogP contribution in [0.2, 0.25) is 0 Å². The first-order chi connectivity index (χ1) is 23.6. The van der Waals surface area contributed by atoms with Gasteiger partial charge in [-0.3, -0.25) is 4.79 Å². The third kappa shape index (κ3) is 7.61. The van der Waals surface area contributed by atoms with Crippen molar-refractivity contribution in [3.05, 3.63) is 48.0 Å². The van der Waals surface area contributed by atoms with E-state index >= 15 is 0 Å². The molecule has 5 unspecified atom stereocenters. The largest absolute Gasteiger partial charge is 0.497 e. The van der Waals surface area contributed by atoms with Gasteiger partial charge in [-0.15, -0.1) is 0 Å². The van der Waals surface area contributed by atoms with E-state index in [1.807, 2.05) is 38.1 Å². The number of ether oxygens (including phenoxy) is 4. The lowest BCUT2D eigenvalue weighted by molar-refractivity contribution is -0.165. The summed E-state index contributed by atoms with van der Waals surface area (Å²) in [6.07, 6.45) is 2.57. The van der Waals surface area contributed by atoms with Gasteiger partial charge in [0.2, 0.25) is 10.0 Å². The summed E-state index contributed by atoms with van der Waals surface area (Å²) in [6.45, 7) is 4.83. The van der Waals surface area contributed by atoms with E-state index in [2.05, 4.69) is 10.3 Å². The molecule has 0 radical (unpaired) electrons. The highest BCUT2D eigenvalue weighted by atomic mass is 32.2. The van der Waals surface area contributed by atoms with Gasteiger partial charge in [0, 0.05) is 48.9 Å². The fourth-order valence-electron chi connectivity index (χ4n) is 7.55. The third-order valence-electron chi connectivity index (χ3n) is 10.3. The lowest BCUT2D eigenvalue weighted by atomic mass is 9.74. The molecule has 2 saturated carbocycles. The average molecular weight is 698 g/mol. The molecular weight excluding hydrogens is 650 g/mol. The summed E-state index contributed by atoms with van der Waals surface area (Å²) in [5.41, 5.74) is 1.81. The number of benzene rings is 2. The standard InChI is InChI=1S/C36H47N3O9S/c1-21(2)17-39(49(42,43)27-11-13-30-32(16-27)47-36(38-30)37-25-7-8-25)18-31(40)24(14-22-4-9-26(44-3)10-5-22)15-33(41)48-34-23-6-12-28-29(34)20-46-35(28)45-19-23/h4-5,9-11,13,16,21,23-25,28-29,31,34-35,40H,6-8,12,14-15,17-20H2,1-3H3,(H,37,38)/t23?,24-,28?,29?,31-,34?,35?/m1/s1. The van der Waals surface area contributed by atoms with Gasteiger partial charge in [0.05, 0.1) is 37.7 Å². The summed E-state index contributed by atoms with van der Waals surface area (Å²) in [4.78, 5) is 18.2. The SMILES string of the molecule is COc1ccc(C[C@H](CC(=O)OC2C3CCC4C(OC3)OCC42)[C@H](O)CN(CC(C)C)S(=O)(=O)c2ccc3nc(NC4CC4)oc3c2)cc1. The molecule has 8 rings (SSSR count). The topological polar surface area (TPSA) is 150 Å². The number of aliphatic hydroxyl groups is 1. The van der Waals surface area contributed by atoms with Gasteiger partial charge < -0.3 is 33.8 Å². The zero-order valence-electron chi connectivity index (χ0n) is 28.3. The summed E-state index contributed by atoms with van der Waals surface area (Å²) in [7, 11) is -2.47.